The van der Waals surface area contributed by atoms with Gasteiger partial charge in [0.15, 0.2) is 0 Å². The number of amides is 2. The molecule has 0 aromatic heterocycles. The molecule has 1 aliphatic heterocycles. The summed E-state index contributed by atoms with van der Waals surface area (Å²) in [6, 6.07) is 7.24. The molecule has 5 heteroatoms. The van der Waals surface area contributed by atoms with Crippen molar-refractivity contribution in [2.24, 2.45) is 0 Å². The lowest BCUT2D eigenvalue weighted by atomic mass is 9.96. The van der Waals surface area contributed by atoms with Gasteiger partial charge in [0, 0.05) is 31.6 Å². The predicted octanol–water partition coefficient (Wildman–Crippen LogP) is 2.12. The van der Waals surface area contributed by atoms with Crippen LogP contribution in [0.4, 0.5) is 0 Å². The molecule has 0 aliphatic carbocycles. The van der Waals surface area contributed by atoms with E-state index in [1.54, 1.807) is 42.8 Å². The number of halogens is 1. The van der Waals surface area contributed by atoms with Gasteiger partial charge in [-0.25, -0.2) is 0 Å². The summed E-state index contributed by atoms with van der Waals surface area (Å²) in [5, 5.41) is 0. The molecule has 0 bridgehead atoms. The minimum Gasteiger partial charge on any atom is -0.342 e. The second kappa shape index (κ2) is 5.44. The monoisotopic (exact) mass is 294 g/mol. The molecule has 1 aromatic rings. The van der Waals surface area contributed by atoms with E-state index in [4.69, 9.17) is 11.6 Å². The quantitative estimate of drug-likeness (QED) is 0.784. The Labute approximate surface area is 124 Å². The summed E-state index contributed by atoms with van der Waals surface area (Å²) in [6.07, 6.45) is 0. The Morgan fingerprint density at radius 3 is 2.70 bits per heavy atom. The molecule has 2 rings (SSSR count). The van der Waals surface area contributed by atoms with Gasteiger partial charge in [-0.3, -0.25) is 9.59 Å². The van der Waals surface area contributed by atoms with Crippen molar-refractivity contribution in [3.05, 3.63) is 35.4 Å². The Kier molecular flexibility index (Phi) is 4.04. The van der Waals surface area contributed by atoms with Crippen molar-refractivity contribution >= 4 is 23.4 Å². The van der Waals surface area contributed by atoms with E-state index in [2.05, 4.69) is 0 Å². The van der Waals surface area contributed by atoms with E-state index in [1.807, 2.05) is 12.1 Å². The summed E-state index contributed by atoms with van der Waals surface area (Å²) >= 11 is 5.80. The molecular formula is C15H19ClN2O2. The van der Waals surface area contributed by atoms with E-state index in [0.29, 0.717) is 24.5 Å². The Bertz CT molecular complexity index is 542. The Hall–Kier alpha value is -1.55. The Balaban J connectivity index is 2.30. The zero-order valence-electron chi connectivity index (χ0n) is 12.0. The van der Waals surface area contributed by atoms with Crippen LogP contribution >= 0.6 is 11.6 Å². The lowest BCUT2D eigenvalue weighted by Gasteiger charge is -2.44. The van der Waals surface area contributed by atoms with E-state index in [1.165, 1.54) is 0 Å². The van der Waals surface area contributed by atoms with E-state index in [9.17, 15) is 9.59 Å². The number of piperazine rings is 1. The summed E-state index contributed by atoms with van der Waals surface area (Å²) in [4.78, 5) is 28.2. The third kappa shape index (κ3) is 2.52. The second-order valence-electron chi connectivity index (χ2n) is 5.58. The van der Waals surface area contributed by atoms with Gasteiger partial charge >= 0.3 is 0 Å². The number of rotatable bonds is 2. The van der Waals surface area contributed by atoms with Crippen molar-refractivity contribution in [1.82, 2.24) is 9.80 Å². The smallest absolute Gasteiger partial charge is 0.254 e. The maximum Gasteiger partial charge on any atom is 0.254 e. The molecule has 0 unspecified atom stereocenters. The summed E-state index contributed by atoms with van der Waals surface area (Å²) in [7, 11) is 1.76. The van der Waals surface area contributed by atoms with Crippen LogP contribution in [0.3, 0.4) is 0 Å². The molecule has 1 aromatic carbocycles. The predicted molar refractivity (Wildman–Crippen MR) is 78.8 cm³/mol. The highest BCUT2D eigenvalue weighted by Gasteiger charge is 2.43. The highest BCUT2D eigenvalue weighted by Crippen LogP contribution is 2.24. The maximum absolute atomic E-state index is 12.6. The molecule has 1 aliphatic rings. The first kappa shape index (κ1) is 14.9. The van der Waals surface area contributed by atoms with Gasteiger partial charge in [-0.2, -0.15) is 0 Å². The second-order valence-corrected chi connectivity index (χ2v) is 5.84. The molecule has 4 nitrogen and oxygen atoms in total. The highest BCUT2D eigenvalue weighted by molar-refractivity contribution is 6.17. The molecular weight excluding hydrogens is 276 g/mol. The van der Waals surface area contributed by atoms with Crippen LogP contribution in [0.15, 0.2) is 24.3 Å². The number of carbonyl (C=O) groups is 2. The van der Waals surface area contributed by atoms with Crippen molar-refractivity contribution in [3.63, 3.8) is 0 Å². The van der Waals surface area contributed by atoms with Crippen LogP contribution in [0.5, 0.6) is 0 Å². The number of carbonyl (C=O) groups excluding carboxylic acids is 2. The lowest BCUT2D eigenvalue weighted by molar-refractivity contribution is -0.144. The summed E-state index contributed by atoms with van der Waals surface area (Å²) in [5.74, 6) is 0.209. The van der Waals surface area contributed by atoms with E-state index in [-0.39, 0.29) is 11.8 Å². The lowest BCUT2D eigenvalue weighted by Crippen LogP contribution is -2.63. The van der Waals surface area contributed by atoms with Crippen molar-refractivity contribution in [3.8, 4) is 0 Å². The largest absolute Gasteiger partial charge is 0.342 e. The minimum absolute atomic E-state index is 0.0365. The van der Waals surface area contributed by atoms with Crippen LogP contribution < -0.4 is 0 Å². The van der Waals surface area contributed by atoms with E-state index >= 15 is 0 Å². The van der Waals surface area contributed by atoms with Crippen molar-refractivity contribution in [2.75, 3.05) is 20.1 Å². The molecule has 0 spiro atoms. The molecule has 1 heterocycles. The molecule has 0 N–H and O–H groups in total. The standard InChI is InChI=1S/C15H19ClN2O2/c1-15(2)14(20)17(3)7-8-18(15)13(19)12-6-4-5-11(9-12)10-16/h4-6,9H,7-8,10H2,1-3H3. The van der Waals surface area contributed by atoms with Gasteiger partial charge in [-0.15, -0.1) is 11.6 Å². The Morgan fingerprint density at radius 2 is 2.05 bits per heavy atom. The van der Waals surface area contributed by atoms with Crippen molar-refractivity contribution in [1.29, 1.82) is 0 Å². The molecule has 2 amide bonds. The molecule has 1 fully saturated rings. The highest BCUT2D eigenvalue weighted by atomic mass is 35.5. The summed E-state index contributed by atoms with van der Waals surface area (Å²) < 4.78 is 0. The molecule has 1 saturated heterocycles. The van der Waals surface area contributed by atoms with Gasteiger partial charge in [-0.1, -0.05) is 12.1 Å². The SMILES string of the molecule is CN1CCN(C(=O)c2cccc(CCl)c2)C(C)(C)C1=O. The van der Waals surface area contributed by atoms with Gasteiger partial charge in [0.25, 0.3) is 5.91 Å². The van der Waals surface area contributed by atoms with Crippen LogP contribution in [-0.4, -0.2) is 47.3 Å². The van der Waals surface area contributed by atoms with Gasteiger partial charge in [0.2, 0.25) is 5.91 Å². The van der Waals surface area contributed by atoms with Crippen LogP contribution in [0.2, 0.25) is 0 Å². The Morgan fingerprint density at radius 1 is 1.35 bits per heavy atom. The minimum atomic E-state index is -0.818. The molecule has 0 radical (unpaired) electrons. The average Bonchev–Trinajstić information content (AvgIpc) is 2.44. The fourth-order valence-electron chi connectivity index (χ4n) is 2.51. The molecule has 0 atom stereocenters. The van der Waals surface area contributed by atoms with Crippen LogP contribution in [0.1, 0.15) is 29.8 Å². The van der Waals surface area contributed by atoms with E-state index in [0.717, 1.165) is 5.56 Å². The average molecular weight is 295 g/mol. The summed E-state index contributed by atoms with van der Waals surface area (Å²) in [6.45, 7) is 4.67. The number of nitrogens with zero attached hydrogens (tertiary/aromatic N) is 2. The van der Waals surface area contributed by atoms with Gasteiger partial charge in [0.1, 0.15) is 5.54 Å². The third-order valence-corrected chi connectivity index (χ3v) is 4.09. The van der Waals surface area contributed by atoms with Gasteiger partial charge in [-0.05, 0) is 31.5 Å². The third-order valence-electron chi connectivity index (χ3n) is 3.78. The number of hydrogen-bond donors (Lipinski definition) is 0. The molecule has 0 saturated carbocycles. The molecule has 20 heavy (non-hydrogen) atoms. The number of hydrogen-bond acceptors (Lipinski definition) is 2. The first-order valence-corrected chi connectivity index (χ1v) is 7.14. The zero-order valence-corrected chi connectivity index (χ0v) is 12.8. The number of benzene rings is 1. The topological polar surface area (TPSA) is 40.6 Å². The first-order chi connectivity index (χ1) is 9.37. The summed E-state index contributed by atoms with van der Waals surface area (Å²) in [5.41, 5.74) is 0.658. The first-order valence-electron chi connectivity index (χ1n) is 6.60. The van der Waals surface area contributed by atoms with Crippen molar-refractivity contribution in [2.45, 2.75) is 25.3 Å². The van der Waals surface area contributed by atoms with Crippen molar-refractivity contribution < 1.29 is 9.59 Å². The number of alkyl halides is 1. The van der Waals surface area contributed by atoms with Crippen LogP contribution in [0.25, 0.3) is 0 Å². The number of likely N-dealkylation sites (N-methyl/N-ethyl adjacent to an activating group) is 1. The maximum atomic E-state index is 12.6. The van der Waals surface area contributed by atoms with E-state index < -0.39 is 5.54 Å². The fourth-order valence-corrected chi connectivity index (χ4v) is 2.68. The molecule has 108 valence electrons. The van der Waals surface area contributed by atoms with Crippen LogP contribution in [-0.2, 0) is 10.7 Å². The normalized spacial score (nSPS) is 18.3. The van der Waals surface area contributed by atoms with Gasteiger partial charge in [0.05, 0.1) is 0 Å². The fraction of sp³-hybridized carbons (Fsp3) is 0.467. The van der Waals surface area contributed by atoms with Gasteiger partial charge < -0.3 is 9.80 Å². The zero-order chi connectivity index (χ0) is 14.9. The van der Waals surface area contributed by atoms with Crippen LogP contribution in [0, 0.1) is 0 Å².